The van der Waals surface area contributed by atoms with Gasteiger partial charge >= 0.3 is 0 Å². The van der Waals surface area contributed by atoms with Gasteiger partial charge in [-0.15, -0.1) is 0 Å². The number of nitrogens with zero attached hydrogens (tertiary/aromatic N) is 3. The van der Waals surface area contributed by atoms with Gasteiger partial charge in [0.15, 0.2) is 0 Å². The number of rotatable bonds is 5. The van der Waals surface area contributed by atoms with Crippen molar-refractivity contribution < 1.29 is 4.39 Å². The lowest BCUT2D eigenvalue weighted by molar-refractivity contribution is 0.634. The molecule has 1 heterocycles. The zero-order valence-electron chi connectivity index (χ0n) is 24.8. The van der Waals surface area contributed by atoms with E-state index < -0.39 is 5.82 Å². The first-order chi connectivity index (χ1) is 22.0. The van der Waals surface area contributed by atoms with Crippen LogP contribution in [0, 0.1) is 42.3 Å². The summed E-state index contributed by atoms with van der Waals surface area (Å²) in [5.74, 6) is -0.436. The summed E-state index contributed by atoms with van der Waals surface area (Å²) in [7, 11) is 0. The quantitative estimate of drug-likeness (QED) is 0.220. The van der Waals surface area contributed by atoms with Crippen LogP contribution in [0.1, 0.15) is 22.3 Å². The van der Waals surface area contributed by atoms with E-state index in [1.807, 2.05) is 66.7 Å². The van der Waals surface area contributed by atoms with E-state index in [9.17, 15) is 10.5 Å². The average molecular weight is 583 g/mol. The van der Waals surface area contributed by atoms with E-state index in [4.69, 9.17) is 0 Å². The summed E-state index contributed by atoms with van der Waals surface area (Å²) in [4.78, 5) is 0. The molecule has 1 N–H and O–H groups in total. The largest absolute Gasteiger partial charge is 0.355 e. The Hall–Kier alpha value is -6.17. The first kappa shape index (κ1) is 27.7. The first-order valence-corrected chi connectivity index (χ1v) is 14.7. The highest BCUT2D eigenvalue weighted by molar-refractivity contribution is 6.09. The van der Waals surface area contributed by atoms with E-state index in [1.54, 1.807) is 12.1 Å². The predicted molar refractivity (Wildman–Crippen MR) is 180 cm³/mol. The Morgan fingerprint density at radius 3 is 1.78 bits per heavy atom. The molecular formula is C40H27FN4. The van der Waals surface area contributed by atoms with E-state index in [1.165, 1.54) is 6.07 Å². The van der Waals surface area contributed by atoms with E-state index in [0.717, 1.165) is 50.0 Å². The summed E-state index contributed by atoms with van der Waals surface area (Å²) < 4.78 is 19.2. The van der Waals surface area contributed by atoms with Crippen LogP contribution in [-0.2, 0) is 0 Å². The summed E-state index contributed by atoms with van der Waals surface area (Å²) in [6, 6.07) is 43.0. The number of benzene rings is 6. The molecule has 7 aromatic rings. The van der Waals surface area contributed by atoms with Crippen molar-refractivity contribution in [3.8, 4) is 40.1 Å². The van der Waals surface area contributed by atoms with E-state index in [2.05, 4.69) is 72.3 Å². The van der Waals surface area contributed by atoms with Gasteiger partial charge in [-0.1, -0.05) is 72.8 Å². The number of para-hydroxylation sites is 4. The molecule has 4 nitrogen and oxygen atoms in total. The molecule has 0 spiro atoms. The van der Waals surface area contributed by atoms with Gasteiger partial charge in [-0.05, 0) is 79.1 Å². The second-order valence-electron chi connectivity index (χ2n) is 11.2. The number of nitrogens with one attached hydrogen (secondary N) is 1. The molecule has 6 aromatic carbocycles. The van der Waals surface area contributed by atoms with Gasteiger partial charge in [0.05, 0.1) is 34.3 Å². The Kier molecular flexibility index (Phi) is 6.85. The van der Waals surface area contributed by atoms with Gasteiger partial charge in [0.1, 0.15) is 5.82 Å². The van der Waals surface area contributed by atoms with Crippen LogP contribution in [-0.4, -0.2) is 4.57 Å². The number of aromatic nitrogens is 1. The van der Waals surface area contributed by atoms with Crippen LogP contribution in [0.15, 0.2) is 121 Å². The van der Waals surface area contributed by atoms with Crippen molar-refractivity contribution in [2.75, 3.05) is 5.32 Å². The summed E-state index contributed by atoms with van der Waals surface area (Å²) >= 11 is 0. The molecule has 0 saturated carbocycles. The minimum absolute atomic E-state index is 0.296. The third-order valence-electron chi connectivity index (χ3n) is 8.36. The fourth-order valence-electron chi connectivity index (χ4n) is 6.23. The highest BCUT2D eigenvalue weighted by Gasteiger charge is 2.21. The van der Waals surface area contributed by atoms with Crippen molar-refractivity contribution in [3.05, 3.63) is 149 Å². The number of halogens is 1. The van der Waals surface area contributed by atoms with Gasteiger partial charge in [-0.2, -0.15) is 10.5 Å². The third kappa shape index (κ3) is 4.78. The SMILES string of the molecule is Cc1cccc(C)c1Nc1ccccc1-c1cc(-n2c3ccccc3c3ccccc32)cc(-c2cc(C#N)cc(C#N)c2)c1F. The summed E-state index contributed by atoms with van der Waals surface area (Å²) in [5, 5.41) is 25.2. The van der Waals surface area contributed by atoms with Gasteiger partial charge < -0.3 is 9.88 Å². The Labute approximate surface area is 260 Å². The molecule has 5 heteroatoms. The number of anilines is 2. The van der Waals surface area contributed by atoms with Crippen LogP contribution in [0.4, 0.5) is 15.8 Å². The molecule has 0 unspecified atom stereocenters. The Bertz CT molecular complexity index is 2260. The van der Waals surface area contributed by atoms with Gasteiger partial charge in [0.2, 0.25) is 0 Å². The fraction of sp³-hybridized carbons (Fsp3) is 0.0500. The average Bonchev–Trinajstić information content (AvgIpc) is 3.41. The maximum Gasteiger partial charge on any atom is 0.139 e. The van der Waals surface area contributed by atoms with Gasteiger partial charge in [-0.3, -0.25) is 0 Å². The summed E-state index contributed by atoms with van der Waals surface area (Å²) in [6.07, 6.45) is 0. The third-order valence-corrected chi connectivity index (χ3v) is 8.36. The lowest BCUT2D eigenvalue weighted by atomic mass is 9.94. The van der Waals surface area contributed by atoms with Crippen LogP contribution in [0.25, 0.3) is 49.7 Å². The normalized spacial score (nSPS) is 11.0. The second-order valence-corrected chi connectivity index (χ2v) is 11.2. The van der Waals surface area contributed by atoms with Crippen LogP contribution in [0.2, 0.25) is 0 Å². The molecule has 0 aliphatic rings. The highest BCUT2D eigenvalue weighted by Crippen LogP contribution is 2.41. The standard InChI is InChI=1S/C40H27FN4/c1-25-10-9-11-26(2)40(25)44-36-15-6-3-12-31(36)35-22-30(21-34(39(35)41)29-19-27(23-42)18-28(20-29)24-43)45-37-16-7-4-13-32(37)33-14-5-8-17-38(33)45/h3-22,44H,1-2H3. The van der Waals surface area contributed by atoms with Gasteiger partial charge in [-0.25, -0.2) is 4.39 Å². The van der Waals surface area contributed by atoms with E-state index in [-0.39, 0.29) is 0 Å². The van der Waals surface area contributed by atoms with Crippen LogP contribution in [0.3, 0.4) is 0 Å². The van der Waals surface area contributed by atoms with Crippen molar-refractivity contribution in [2.24, 2.45) is 0 Å². The molecule has 0 saturated heterocycles. The topological polar surface area (TPSA) is 64.5 Å². The number of hydrogen-bond acceptors (Lipinski definition) is 3. The summed E-state index contributed by atoms with van der Waals surface area (Å²) in [5.41, 5.74) is 9.12. The smallest absolute Gasteiger partial charge is 0.139 e. The predicted octanol–water partition coefficient (Wildman–Crippen LogP) is 10.4. The van der Waals surface area contributed by atoms with Crippen molar-refractivity contribution in [1.82, 2.24) is 4.57 Å². The van der Waals surface area contributed by atoms with Crippen LogP contribution >= 0.6 is 0 Å². The fourth-order valence-corrected chi connectivity index (χ4v) is 6.23. The van der Waals surface area contributed by atoms with Crippen molar-refractivity contribution >= 4 is 33.2 Å². The number of hydrogen-bond donors (Lipinski definition) is 1. The second kappa shape index (κ2) is 11.2. The lowest BCUT2D eigenvalue weighted by Gasteiger charge is -2.19. The maximum atomic E-state index is 17.0. The van der Waals surface area contributed by atoms with Crippen molar-refractivity contribution in [2.45, 2.75) is 13.8 Å². The Morgan fingerprint density at radius 1 is 0.600 bits per heavy atom. The van der Waals surface area contributed by atoms with E-state index >= 15 is 4.39 Å². The molecule has 7 rings (SSSR count). The minimum Gasteiger partial charge on any atom is -0.355 e. The van der Waals surface area contributed by atoms with E-state index in [0.29, 0.717) is 33.4 Å². The first-order valence-electron chi connectivity index (χ1n) is 14.7. The molecule has 0 aliphatic heterocycles. The van der Waals surface area contributed by atoms with Gasteiger partial charge in [0, 0.05) is 44.5 Å². The zero-order valence-corrected chi connectivity index (χ0v) is 24.8. The molecule has 0 radical (unpaired) electrons. The lowest BCUT2D eigenvalue weighted by Crippen LogP contribution is -2.02. The molecule has 0 aliphatic carbocycles. The number of fused-ring (bicyclic) bond motifs is 3. The molecule has 45 heavy (non-hydrogen) atoms. The molecule has 0 fully saturated rings. The Morgan fingerprint density at radius 2 is 1.16 bits per heavy atom. The number of aryl methyl sites for hydroxylation is 2. The molecule has 1 aromatic heterocycles. The van der Waals surface area contributed by atoms with Crippen molar-refractivity contribution in [3.63, 3.8) is 0 Å². The molecule has 0 atom stereocenters. The van der Waals surface area contributed by atoms with Crippen molar-refractivity contribution in [1.29, 1.82) is 10.5 Å². The van der Waals surface area contributed by atoms with Crippen LogP contribution < -0.4 is 5.32 Å². The number of nitriles is 2. The minimum atomic E-state index is -0.436. The molecule has 0 amide bonds. The summed E-state index contributed by atoms with van der Waals surface area (Å²) in [6.45, 7) is 4.10. The van der Waals surface area contributed by atoms with Crippen LogP contribution in [0.5, 0.6) is 0 Å². The molecule has 0 bridgehead atoms. The molecular weight excluding hydrogens is 555 g/mol. The molecule has 214 valence electrons. The Balaban J connectivity index is 1.55. The monoisotopic (exact) mass is 582 g/mol. The zero-order chi connectivity index (χ0) is 31.1. The van der Waals surface area contributed by atoms with Gasteiger partial charge in [0.25, 0.3) is 0 Å². The highest BCUT2D eigenvalue weighted by atomic mass is 19.1. The maximum absolute atomic E-state index is 17.0.